The van der Waals surface area contributed by atoms with Gasteiger partial charge in [-0.05, 0) is 19.8 Å². The molecular formula is C12H20N2O2. The Morgan fingerprint density at radius 1 is 1.56 bits per heavy atom. The first-order valence-corrected chi connectivity index (χ1v) is 6.13. The standard InChI is InChI=1S/C12H20N2O2/c1-9-12(15,5-6-16-9)8-14-11-4-2-3-10(11)7-13/h9-11,14-15H,2-6,8H2,1H3. The third-order valence-electron chi connectivity index (χ3n) is 4.01. The molecule has 16 heavy (non-hydrogen) atoms. The first-order chi connectivity index (χ1) is 7.65. The van der Waals surface area contributed by atoms with E-state index in [1.165, 1.54) is 0 Å². The van der Waals surface area contributed by atoms with Gasteiger partial charge in [-0.1, -0.05) is 6.42 Å². The summed E-state index contributed by atoms with van der Waals surface area (Å²) in [6, 6.07) is 2.59. The highest BCUT2D eigenvalue weighted by Gasteiger charge is 2.40. The van der Waals surface area contributed by atoms with E-state index in [-0.39, 0.29) is 18.1 Å². The summed E-state index contributed by atoms with van der Waals surface area (Å²) in [6.07, 6.45) is 3.72. The fourth-order valence-electron chi connectivity index (χ4n) is 2.67. The van der Waals surface area contributed by atoms with Crippen molar-refractivity contribution in [2.24, 2.45) is 5.92 Å². The van der Waals surface area contributed by atoms with Crippen LogP contribution in [0.5, 0.6) is 0 Å². The van der Waals surface area contributed by atoms with Crippen molar-refractivity contribution in [2.45, 2.75) is 50.4 Å². The van der Waals surface area contributed by atoms with Gasteiger partial charge in [0.2, 0.25) is 0 Å². The van der Waals surface area contributed by atoms with E-state index in [4.69, 9.17) is 10.00 Å². The highest BCUT2D eigenvalue weighted by molar-refractivity contribution is 4.99. The van der Waals surface area contributed by atoms with Gasteiger partial charge in [0.15, 0.2) is 0 Å². The number of nitrogens with zero attached hydrogens (tertiary/aromatic N) is 1. The number of rotatable bonds is 3. The molecule has 4 nitrogen and oxygen atoms in total. The van der Waals surface area contributed by atoms with Gasteiger partial charge in [0.25, 0.3) is 0 Å². The van der Waals surface area contributed by atoms with E-state index in [9.17, 15) is 5.11 Å². The first kappa shape index (κ1) is 11.8. The van der Waals surface area contributed by atoms with E-state index in [1.807, 2.05) is 6.92 Å². The number of aliphatic hydroxyl groups is 1. The third kappa shape index (κ3) is 2.22. The molecule has 2 rings (SSSR count). The maximum Gasteiger partial charge on any atom is 0.105 e. The number of ether oxygens (including phenoxy) is 1. The van der Waals surface area contributed by atoms with Gasteiger partial charge in [0.05, 0.1) is 18.1 Å². The minimum atomic E-state index is -0.747. The Balaban J connectivity index is 1.85. The minimum absolute atomic E-state index is 0.109. The van der Waals surface area contributed by atoms with E-state index in [1.54, 1.807) is 0 Å². The maximum absolute atomic E-state index is 10.3. The van der Waals surface area contributed by atoms with Crippen LogP contribution in [0.2, 0.25) is 0 Å². The zero-order valence-corrected chi connectivity index (χ0v) is 9.78. The summed E-state index contributed by atoms with van der Waals surface area (Å²) in [7, 11) is 0. The van der Waals surface area contributed by atoms with Crippen LogP contribution < -0.4 is 5.32 Å². The van der Waals surface area contributed by atoms with Gasteiger partial charge >= 0.3 is 0 Å². The Bertz CT molecular complexity index is 289. The fraction of sp³-hybridized carbons (Fsp3) is 0.917. The molecule has 0 aromatic heterocycles. The van der Waals surface area contributed by atoms with Gasteiger partial charge in [-0.25, -0.2) is 0 Å². The van der Waals surface area contributed by atoms with Crippen LogP contribution in [0.15, 0.2) is 0 Å². The predicted octanol–water partition coefficient (Wildman–Crippen LogP) is 0.808. The van der Waals surface area contributed by atoms with Crippen molar-refractivity contribution >= 4 is 0 Å². The molecule has 1 saturated carbocycles. The molecule has 0 aromatic carbocycles. The molecule has 0 spiro atoms. The molecule has 4 heteroatoms. The van der Waals surface area contributed by atoms with Crippen LogP contribution in [0.25, 0.3) is 0 Å². The molecular weight excluding hydrogens is 204 g/mol. The van der Waals surface area contributed by atoms with E-state index < -0.39 is 5.60 Å². The summed E-state index contributed by atoms with van der Waals surface area (Å²) >= 11 is 0. The molecule has 0 aromatic rings. The van der Waals surface area contributed by atoms with Crippen molar-refractivity contribution in [1.29, 1.82) is 5.26 Å². The number of nitriles is 1. The Hall–Kier alpha value is -0.630. The second-order valence-electron chi connectivity index (χ2n) is 5.02. The Morgan fingerprint density at radius 3 is 3.00 bits per heavy atom. The Labute approximate surface area is 96.6 Å². The molecule has 4 unspecified atom stereocenters. The van der Waals surface area contributed by atoms with Crippen molar-refractivity contribution < 1.29 is 9.84 Å². The highest BCUT2D eigenvalue weighted by atomic mass is 16.5. The van der Waals surface area contributed by atoms with Gasteiger partial charge in [-0.15, -0.1) is 0 Å². The molecule has 1 saturated heterocycles. The zero-order chi connectivity index (χ0) is 11.6. The molecule has 0 radical (unpaired) electrons. The minimum Gasteiger partial charge on any atom is -0.386 e. The Morgan fingerprint density at radius 2 is 2.38 bits per heavy atom. The largest absolute Gasteiger partial charge is 0.386 e. The summed E-state index contributed by atoms with van der Waals surface area (Å²) in [4.78, 5) is 0. The normalized spacial score (nSPS) is 43.4. The highest BCUT2D eigenvalue weighted by Crippen LogP contribution is 2.28. The van der Waals surface area contributed by atoms with Gasteiger partial charge in [-0.3, -0.25) is 0 Å². The lowest BCUT2D eigenvalue weighted by Crippen LogP contribution is -2.49. The molecule has 2 N–H and O–H groups in total. The zero-order valence-electron chi connectivity index (χ0n) is 9.78. The van der Waals surface area contributed by atoms with Crippen LogP contribution in [-0.2, 0) is 4.74 Å². The average Bonchev–Trinajstić information content (AvgIpc) is 2.84. The average molecular weight is 224 g/mol. The summed E-state index contributed by atoms with van der Waals surface area (Å²) in [5.74, 6) is 0.112. The quantitative estimate of drug-likeness (QED) is 0.744. The smallest absolute Gasteiger partial charge is 0.105 e. The van der Waals surface area contributed by atoms with Crippen molar-refractivity contribution in [3.63, 3.8) is 0 Å². The van der Waals surface area contributed by atoms with Crippen molar-refractivity contribution in [2.75, 3.05) is 13.2 Å². The summed E-state index contributed by atoms with van der Waals surface area (Å²) < 4.78 is 5.38. The fourth-order valence-corrected chi connectivity index (χ4v) is 2.67. The van der Waals surface area contributed by atoms with Crippen molar-refractivity contribution in [3.8, 4) is 6.07 Å². The first-order valence-electron chi connectivity index (χ1n) is 6.13. The maximum atomic E-state index is 10.3. The third-order valence-corrected chi connectivity index (χ3v) is 4.01. The van der Waals surface area contributed by atoms with Crippen LogP contribution >= 0.6 is 0 Å². The molecule has 0 bridgehead atoms. The van der Waals surface area contributed by atoms with Crippen LogP contribution in [0.1, 0.15) is 32.6 Å². The van der Waals surface area contributed by atoms with E-state index in [2.05, 4.69) is 11.4 Å². The lowest BCUT2D eigenvalue weighted by molar-refractivity contribution is -0.0279. The molecule has 1 heterocycles. The Kier molecular flexibility index (Phi) is 3.48. The van der Waals surface area contributed by atoms with Crippen LogP contribution in [0, 0.1) is 17.2 Å². The lowest BCUT2D eigenvalue weighted by Gasteiger charge is -2.28. The molecule has 2 aliphatic rings. The van der Waals surface area contributed by atoms with Crippen molar-refractivity contribution in [3.05, 3.63) is 0 Å². The number of nitrogens with one attached hydrogen (secondary N) is 1. The van der Waals surface area contributed by atoms with E-state index in [0.29, 0.717) is 19.6 Å². The van der Waals surface area contributed by atoms with Crippen LogP contribution in [-0.4, -0.2) is 36.0 Å². The summed E-state index contributed by atoms with van der Waals surface area (Å²) in [5.41, 5.74) is -0.747. The molecule has 1 aliphatic carbocycles. The molecule has 2 fully saturated rings. The second-order valence-corrected chi connectivity index (χ2v) is 5.02. The van der Waals surface area contributed by atoms with E-state index >= 15 is 0 Å². The van der Waals surface area contributed by atoms with Crippen molar-refractivity contribution in [1.82, 2.24) is 5.32 Å². The summed E-state index contributed by atoms with van der Waals surface area (Å²) in [6.45, 7) is 3.08. The predicted molar refractivity (Wildman–Crippen MR) is 59.7 cm³/mol. The SMILES string of the molecule is CC1OCCC1(O)CNC1CCCC1C#N. The molecule has 1 aliphatic heterocycles. The van der Waals surface area contributed by atoms with Gasteiger partial charge in [0.1, 0.15) is 5.60 Å². The molecule has 90 valence electrons. The van der Waals surface area contributed by atoms with E-state index in [0.717, 1.165) is 19.3 Å². The number of hydrogen-bond donors (Lipinski definition) is 2. The van der Waals surface area contributed by atoms with Crippen LogP contribution in [0.4, 0.5) is 0 Å². The summed E-state index contributed by atoms with van der Waals surface area (Å²) in [5, 5.41) is 22.6. The second kappa shape index (κ2) is 4.70. The van der Waals surface area contributed by atoms with Crippen LogP contribution in [0.3, 0.4) is 0 Å². The number of hydrogen-bond acceptors (Lipinski definition) is 4. The molecule has 4 atom stereocenters. The van der Waals surface area contributed by atoms with Gasteiger partial charge < -0.3 is 15.2 Å². The monoisotopic (exact) mass is 224 g/mol. The topological polar surface area (TPSA) is 65.3 Å². The van der Waals surface area contributed by atoms with Gasteiger partial charge in [-0.2, -0.15) is 5.26 Å². The van der Waals surface area contributed by atoms with Gasteiger partial charge in [0, 0.05) is 25.6 Å². The molecule has 0 amide bonds. The lowest BCUT2D eigenvalue weighted by atomic mass is 9.95.